The molecule has 0 heterocycles. The maximum Gasteiger partial charge on any atom is 0.255 e. The molecule has 0 bridgehead atoms. The summed E-state index contributed by atoms with van der Waals surface area (Å²) in [5, 5.41) is 3.42. The normalized spacial score (nSPS) is 11.2. The Bertz CT molecular complexity index is 1170. The fraction of sp³-hybridized carbons (Fsp3) is 0.174. The maximum absolute atomic E-state index is 12.7. The molecule has 8 heteroatoms. The van der Waals surface area contributed by atoms with Crippen molar-refractivity contribution in [2.24, 2.45) is 0 Å². The monoisotopic (exact) mass is 474 g/mol. The van der Waals surface area contributed by atoms with Gasteiger partial charge in [0.2, 0.25) is 10.0 Å². The molecule has 3 rings (SSSR count). The lowest BCUT2D eigenvalue weighted by Gasteiger charge is -2.23. The summed E-state index contributed by atoms with van der Waals surface area (Å²) in [6, 6.07) is 21.2. The topological polar surface area (TPSA) is 66.5 Å². The number of carbonyl (C=O) groups excluding carboxylic acids is 1. The van der Waals surface area contributed by atoms with E-state index in [2.05, 4.69) is 12.2 Å². The Morgan fingerprint density at radius 1 is 1.00 bits per heavy atom. The van der Waals surface area contributed by atoms with Crippen molar-refractivity contribution in [1.82, 2.24) is 0 Å². The summed E-state index contributed by atoms with van der Waals surface area (Å²) in [4.78, 5) is 13.7. The molecule has 162 valence electrons. The van der Waals surface area contributed by atoms with E-state index in [1.54, 1.807) is 54.2 Å². The van der Waals surface area contributed by atoms with Gasteiger partial charge in [-0.15, -0.1) is 11.8 Å². The Morgan fingerprint density at radius 2 is 1.65 bits per heavy atom. The van der Waals surface area contributed by atoms with E-state index in [1.165, 1.54) is 4.31 Å². The second kappa shape index (κ2) is 10.2. The highest BCUT2D eigenvalue weighted by atomic mass is 35.5. The summed E-state index contributed by atoms with van der Waals surface area (Å²) in [5.74, 6) is 0.640. The minimum atomic E-state index is -3.56. The molecule has 5 nitrogen and oxygen atoms in total. The number of thioether (sulfide) groups is 1. The highest BCUT2D eigenvalue weighted by molar-refractivity contribution is 7.99. The first kappa shape index (κ1) is 23.2. The number of hydrogen-bond acceptors (Lipinski definition) is 4. The molecule has 0 aliphatic carbocycles. The number of nitrogens with zero attached hydrogens (tertiary/aromatic N) is 1. The fourth-order valence-electron chi connectivity index (χ4n) is 3.01. The zero-order valence-corrected chi connectivity index (χ0v) is 19.6. The molecule has 0 unspecified atom stereocenters. The number of carbonyl (C=O) groups is 1. The third-order valence-electron chi connectivity index (χ3n) is 4.52. The molecule has 0 aliphatic heterocycles. The summed E-state index contributed by atoms with van der Waals surface area (Å²) >= 11 is 7.86. The standard InChI is InChI=1S/C23H23ClN2O3S2/c1-3-30-22-11-7-6-10-21(22)25-23(27)17-12-14-19(15-13-17)26(31(2,28)29)16-18-8-4-5-9-20(18)24/h4-15H,3,16H2,1-2H3,(H,25,27). The number of anilines is 2. The number of rotatable bonds is 8. The third kappa shape index (κ3) is 6.03. The molecular weight excluding hydrogens is 452 g/mol. The first-order valence-corrected chi connectivity index (χ1v) is 12.8. The average Bonchev–Trinajstić information content (AvgIpc) is 2.74. The van der Waals surface area contributed by atoms with Gasteiger partial charge in [0.15, 0.2) is 0 Å². The Labute approximate surface area is 192 Å². The first-order valence-electron chi connectivity index (χ1n) is 9.64. The summed E-state index contributed by atoms with van der Waals surface area (Å²) in [6.45, 7) is 2.16. The Balaban J connectivity index is 1.82. The van der Waals surface area contributed by atoms with Crippen LogP contribution in [0.25, 0.3) is 0 Å². The number of nitrogens with one attached hydrogen (secondary N) is 1. The van der Waals surface area contributed by atoms with E-state index in [-0.39, 0.29) is 12.5 Å². The van der Waals surface area contributed by atoms with Gasteiger partial charge in [0.1, 0.15) is 0 Å². The molecule has 3 aromatic carbocycles. The van der Waals surface area contributed by atoms with Gasteiger partial charge in [0.05, 0.1) is 24.2 Å². The van der Waals surface area contributed by atoms with Gasteiger partial charge in [-0.05, 0) is 53.8 Å². The molecule has 1 N–H and O–H groups in total. The SMILES string of the molecule is CCSc1ccccc1NC(=O)c1ccc(N(Cc2ccccc2Cl)S(C)(=O)=O)cc1. The van der Waals surface area contributed by atoms with Crippen LogP contribution >= 0.6 is 23.4 Å². The lowest BCUT2D eigenvalue weighted by molar-refractivity contribution is 0.102. The second-order valence-electron chi connectivity index (χ2n) is 6.79. The lowest BCUT2D eigenvalue weighted by atomic mass is 10.1. The van der Waals surface area contributed by atoms with E-state index in [0.29, 0.717) is 21.8 Å². The largest absolute Gasteiger partial charge is 0.321 e. The molecule has 0 radical (unpaired) electrons. The quantitative estimate of drug-likeness (QED) is 0.427. The zero-order valence-electron chi connectivity index (χ0n) is 17.2. The average molecular weight is 475 g/mol. The van der Waals surface area contributed by atoms with Crippen LogP contribution in [-0.2, 0) is 16.6 Å². The zero-order chi connectivity index (χ0) is 22.4. The van der Waals surface area contributed by atoms with Crippen LogP contribution in [0.15, 0.2) is 77.7 Å². The smallest absolute Gasteiger partial charge is 0.255 e. The molecule has 1 amide bonds. The van der Waals surface area contributed by atoms with Crippen molar-refractivity contribution in [1.29, 1.82) is 0 Å². The summed E-state index contributed by atoms with van der Waals surface area (Å²) < 4.78 is 26.1. The van der Waals surface area contributed by atoms with Crippen molar-refractivity contribution in [2.75, 3.05) is 21.6 Å². The van der Waals surface area contributed by atoms with Crippen molar-refractivity contribution in [3.8, 4) is 0 Å². The predicted molar refractivity (Wildman–Crippen MR) is 130 cm³/mol. The number of para-hydroxylation sites is 1. The number of hydrogen-bond donors (Lipinski definition) is 1. The van der Waals surface area contributed by atoms with Crippen LogP contribution in [0.4, 0.5) is 11.4 Å². The van der Waals surface area contributed by atoms with Crippen molar-refractivity contribution < 1.29 is 13.2 Å². The van der Waals surface area contributed by atoms with E-state index in [9.17, 15) is 13.2 Å². The molecule has 0 spiro atoms. The van der Waals surface area contributed by atoms with Gasteiger partial charge >= 0.3 is 0 Å². The van der Waals surface area contributed by atoms with E-state index in [0.717, 1.165) is 22.6 Å². The Kier molecular flexibility index (Phi) is 7.64. The van der Waals surface area contributed by atoms with Crippen molar-refractivity contribution in [3.05, 3.63) is 88.9 Å². The third-order valence-corrected chi connectivity index (χ3v) is 6.99. The van der Waals surface area contributed by atoms with E-state index in [4.69, 9.17) is 11.6 Å². The highest BCUT2D eigenvalue weighted by Crippen LogP contribution is 2.28. The van der Waals surface area contributed by atoms with Crippen LogP contribution in [0, 0.1) is 0 Å². The highest BCUT2D eigenvalue weighted by Gasteiger charge is 2.19. The van der Waals surface area contributed by atoms with Crippen LogP contribution < -0.4 is 9.62 Å². The van der Waals surface area contributed by atoms with Gasteiger partial charge in [-0.2, -0.15) is 0 Å². The molecule has 3 aromatic rings. The van der Waals surface area contributed by atoms with Crippen molar-refractivity contribution >= 4 is 50.7 Å². The predicted octanol–water partition coefficient (Wildman–Crippen LogP) is 5.67. The van der Waals surface area contributed by atoms with E-state index >= 15 is 0 Å². The summed E-state index contributed by atoms with van der Waals surface area (Å²) in [6.07, 6.45) is 1.15. The van der Waals surface area contributed by atoms with Gasteiger partial charge in [0, 0.05) is 15.5 Å². The van der Waals surface area contributed by atoms with Gasteiger partial charge in [-0.3, -0.25) is 9.10 Å². The molecule has 0 saturated carbocycles. The van der Waals surface area contributed by atoms with Crippen LogP contribution in [0.2, 0.25) is 5.02 Å². The van der Waals surface area contributed by atoms with Crippen LogP contribution in [0.5, 0.6) is 0 Å². The molecule has 31 heavy (non-hydrogen) atoms. The molecule has 0 atom stereocenters. The van der Waals surface area contributed by atoms with Crippen LogP contribution in [-0.4, -0.2) is 26.3 Å². The minimum absolute atomic E-state index is 0.103. The van der Waals surface area contributed by atoms with Gasteiger partial charge in [-0.25, -0.2) is 8.42 Å². The van der Waals surface area contributed by atoms with E-state index < -0.39 is 10.0 Å². The number of amides is 1. The minimum Gasteiger partial charge on any atom is -0.321 e. The molecule has 0 fully saturated rings. The van der Waals surface area contributed by atoms with Crippen LogP contribution in [0.3, 0.4) is 0 Å². The Hall–Kier alpha value is -2.48. The van der Waals surface area contributed by atoms with Crippen LogP contribution in [0.1, 0.15) is 22.8 Å². The Morgan fingerprint density at radius 3 is 2.29 bits per heavy atom. The van der Waals surface area contributed by atoms with Crippen molar-refractivity contribution in [3.63, 3.8) is 0 Å². The molecule has 0 saturated heterocycles. The first-order chi connectivity index (χ1) is 14.8. The number of sulfonamides is 1. The summed E-state index contributed by atoms with van der Waals surface area (Å²) in [7, 11) is -3.56. The second-order valence-corrected chi connectivity index (χ2v) is 10.4. The molecule has 0 aliphatic rings. The van der Waals surface area contributed by atoms with Gasteiger partial charge in [-0.1, -0.05) is 48.9 Å². The lowest BCUT2D eigenvalue weighted by Crippen LogP contribution is -2.29. The maximum atomic E-state index is 12.7. The fourth-order valence-corrected chi connectivity index (χ4v) is 4.84. The summed E-state index contributed by atoms with van der Waals surface area (Å²) in [5.41, 5.74) is 2.34. The number of halogens is 1. The van der Waals surface area contributed by atoms with Gasteiger partial charge < -0.3 is 5.32 Å². The molecular formula is C23H23ClN2O3S2. The van der Waals surface area contributed by atoms with Gasteiger partial charge in [0.25, 0.3) is 5.91 Å². The van der Waals surface area contributed by atoms with Crippen molar-refractivity contribution in [2.45, 2.75) is 18.4 Å². The number of benzene rings is 3. The van der Waals surface area contributed by atoms with E-state index in [1.807, 2.05) is 30.3 Å². The molecule has 0 aromatic heterocycles.